The van der Waals surface area contributed by atoms with E-state index in [4.69, 9.17) is 0 Å². The topological polar surface area (TPSA) is 79.4 Å². The minimum Gasteiger partial charge on any atom is -0.298 e. The molecule has 1 aromatic heterocycles. The third-order valence-corrected chi connectivity index (χ3v) is 5.18. The predicted octanol–water partition coefficient (Wildman–Crippen LogP) is 3.20. The highest BCUT2D eigenvalue weighted by molar-refractivity contribution is 7.22. The van der Waals surface area contributed by atoms with Crippen LogP contribution in [-0.4, -0.2) is 27.6 Å². The summed E-state index contributed by atoms with van der Waals surface area (Å²) in [5.74, 6) is -0.538. The molecule has 0 aliphatic carbocycles. The molecule has 1 N–H and O–H groups in total. The highest BCUT2D eigenvalue weighted by atomic mass is 32.1. The molecule has 3 amide bonds. The summed E-state index contributed by atoms with van der Waals surface area (Å²) in [6.07, 6.45) is 0.559. The fraction of sp³-hybridized carbons (Fsp3) is 0.158. The smallest absolute Gasteiger partial charge is 0.257 e. The Balaban J connectivity index is 1.45. The first-order valence-electron chi connectivity index (χ1n) is 8.19. The van der Waals surface area contributed by atoms with E-state index >= 15 is 0 Å². The summed E-state index contributed by atoms with van der Waals surface area (Å²) in [5.41, 5.74) is 2.15. The molecule has 6 nitrogen and oxygen atoms in total. The lowest BCUT2D eigenvalue weighted by atomic mass is 10.1. The van der Waals surface area contributed by atoms with E-state index in [-0.39, 0.29) is 37.1 Å². The van der Waals surface area contributed by atoms with Crippen LogP contribution in [0, 0.1) is 0 Å². The Hall–Kier alpha value is -3.06. The number of nitrogens with zero attached hydrogens (tertiary/aromatic N) is 2. The summed E-state index contributed by atoms with van der Waals surface area (Å²) in [5, 5.41) is 3.35. The molecule has 2 heterocycles. The summed E-state index contributed by atoms with van der Waals surface area (Å²) < 4.78 is 1.01. The van der Waals surface area contributed by atoms with Crippen molar-refractivity contribution in [3.8, 4) is 0 Å². The number of para-hydroxylation sites is 1. The first kappa shape index (κ1) is 16.4. The minimum absolute atomic E-state index is 0.146. The van der Waals surface area contributed by atoms with Crippen molar-refractivity contribution in [3.63, 3.8) is 0 Å². The average molecular weight is 365 g/mol. The van der Waals surface area contributed by atoms with Crippen LogP contribution in [0.1, 0.15) is 28.8 Å². The predicted molar refractivity (Wildman–Crippen MR) is 98.8 cm³/mol. The molecular formula is C19H15N3O3S. The van der Waals surface area contributed by atoms with Gasteiger partial charge < -0.3 is 0 Å². The molecule has 1 aliphatic rings. The zero-order valence-corrected chi connectivity index (χ0v) is 14.6. The normalized spacial score (nSPS) is 14.2. The Morgan fingerprint density at radius 2 is 1.73 bits per heavy atom. The van der Waals surface area contributed by atoms with Gasteiger partial charge in [0.15, 0.2) is 5.13 Å². The maximum absolute atomic E-state index is 12.4. The van der Waals surface area contributed by atoms with E-state index in [0.29, 0.717) is 10.7 Å². The lowest BCUT2D eigenvalue weighted by Gasteiger charge is -2.13. The zero-order chi connectivity index (χ0) is 18.1. The molecule has 4 rings (SSSR count). The van der Waals surface area contributed by atoms with E-state index in [1.807, 2.05) is 24.3 Å². The number of hydrogen-bond acceptors (Lipinski definition) is 5. The lowest BCUT2D eigenvalue weighted by molar-refractivity contribution is -0.139. The number of aromatic nitrogens is 1. The molecule has 0 saturated carbocycles. The summed E-state index contributed by atoms with van der Waals surface area (Å²) in [6, 6.07) is 14.6. The SMILES string of the molecule is O=C(Nc1nc2ccccc2s1)c1ccc(CN2C(=O)CCC2=O)cc1. The fourth-order valence-electron chi connectivity index (χ4n) is 2.84. The molecule has 2 aromatic carbocycles. The van der Waals surface area contributed by atoms with Gasteiger partial charge in [-0.3, -0.25) is 24.6 Å². The molecule has 0 spiro atoms. The Kier molecular flexibility index (Phi) is 4.22. The number of likely N-dealkylation sites (tertiary alicyclic amines) is 1. The number of imide groups is 1. The van der Waals surface area contributed by atoms with Crippen LogP contribution in [0.4, 0.5) is 5.13 Å². The number of thiazole rings is 1. The first-order chi connectivity index (χ1) is 12.6. The van der Waals surface area contributed by atoms with Gasteiger partial charge in [0, 0.05) is 18.4 Å². The second-order valence-electron chi connectivity index (χ2n) is 6.01. The number of fused-ring (bicyclic) bond motifs is 1. The van der Waals surface area contributed by atoms with E-state index < -0.39 is 0 Å². The van der Waals surface area contributed by atoms with Gasteiger partial charge in [0.05, 0.1) is 16.8 Å². The number of carbonyl (C=O) groups excluding carboxylic acids is 3. The standard InChI is InChI=1S/C19H15N3O3S/c23-16-9-10-17(24)22(16)11-12-5-7-13(8-6-12)18(25)21-19-20-14-3-1-2-4-15(14)26-19/h1-8H,9-11H2,(H,20,21,25). The average Bonchev–Trinajstić information content (AvgIpc) is 3.19. The molecule has 3 aromatic rings. The Labute approximate surface area is 153 Å². The molecule has 130 valence electrons. The highest BCUT2D eigenvalue weighted by Crippen LogP contribution is 2.25. The number of anilines is 1. The van der Waals surface area contributed by atoms with Gasteiger partial charge in [-0.1, -0.05) is 35.6 Å². The molecule has 1 aliphatic heterocycles. The minimum atomic E-state index is -0.246. The van der Waals surface area contributed by atoms with Crippen molar-refractivity contribution in [3.05, 3.63) is 59.7 Å². The lowest BCUT2D eigenvalue weighted by Crippen LogP contribution is -2.28. The molecule has 1 saturated heterocycles. The van der Waals surface area contributed by atoms with Crippen LogP contribution in [0.3, 0.4) is 0 Å². The van der Waals surface area contributed by atoms with Crippen LogP contribution in [0.25, 0.3) is 10.2 Å². The quantitative estimate of drug-likeness (QED) is 0.720. The van der Waals surface area contributed by atoms with Gasteiger partial charge in [0.25, 0.3) is 5.91 Å². The van der Waals surface area contributed by atoms with Crippen molar-refractivity contribution < 1.29 is 14.4 Å². The van der Waals surface area contributed by atoms with E-state index in [0.717, 1.165) is 15.8 Å². The van der Waals surface area contributed by atoms with Gasteiger partial charge in [-0.25, -0.2) is 4.98 Å². The Morgan fingerprint density at radius 3 is 2.42 bits per heavy atom. The van der Waals surface area contributed by atoms with Crippen LogP contribution < -0.4 is 5.32 Å². The van der Waals surface area contributed by atoms with E-state index in [9.17, 15) is 14.4 Å². The first-order valence-corrected chi connectivity index (χ1v) is 9.01. The summed E-state index contributed by atoms with van der Waals surface area (Å²) in [6.45, 7) is 0.247. The van der Waals surface area contributed by atoms with E-state index in [1.165, 1.54) is 16.2 Å². The number of benzene rings is 2. The summed E-state index contributed by atoms with van der Waals surface area (Å²) >= 11 is 1.42. The van der Waals surface area contributed by atoms with Gasteiger partial charge in [-0.2, -0.15) is 0 Å². The van der Waals surface area contributed by atoms with Crippen LogP contribution in [0.2, 0.25) is 0 Å². The molecule has 0 atom stereocenters. The number of nitrogens with one attached hydrogen (secondary N) is 1. The molecule has 26 heavy (non-hydrogen) atoms. The van der Waals surface area contributed by atoms with Gasteiger partial charge >= 0.3 is 0 Å². The molecule has 0 unspecified atom stereocenters. The highest BCUT2D eigenvalue weighted by Gasteiger charge is 2.28. The van der Waals surface area contributed by atoms with Crippen LogP contribution in [0.15, 0.2) is 48.5 Å². The van der Waals surface area contributed by atoms with Crippen molar-refractivity contribution in [1.29, 1.82) is 0 Å². The summed E-state index contributed by atoms with van der Waals surface area (Å²) in [4.78, 5) is 41.4. The molecule has 1 fully saturated rings. The van der Waals surface area contributed by atoms with Crippen LogP contribution in [0.5, 0.6) is 0 Å². The third-order valence-electron chi connectivity index (χ3n) is 4.23. The molecular weight excluding hydrogens is 350 g/mol. The monoisotopic (exact) mass is 365 g/mol. The molecule has 7 heteroatoms. The molecule has 0 bridgehead atoms. The number of rotatable bonds is 4. The van der Waals surface area contributed by atoms with E-state index in [2.05, 4.69) is 10.3 Å². The maximum atomic E-state index is 12.4. The van der Waals surface area contributed by atoms with Crippen LogP contribution >= 0.6 is 11.3 Å². The zero-order valence-electron chi connectivity index (χ0n) is 13.8. The number of carbonyl (C=O) groups is 3. The van der Waals surface area contributed by atoms with Gasteiger partial charge in [0.1, 0.15) is 0 Å². The maximum Gasteiger partial charge on any atom is 0.257 e. The largest absolute Gasteiger partial charge is 0.298 e. The van der Waals surface area contributed by atoms with Gasteiger partial charge in [-0.15, -0.1) is 0 Å². The van der Waals surface area contributed by atoms with Crippen LogP contribution in [-0.2, 0) is 16.1 Å². The second-order valence-corrected chi connectivity index (χ2v) is 7.04. The second kappa shape index (κ2) is 6.68. The fourth-order valence-corrected chi connectivity index (χ4v) is 3.70. The van der Waals surface area contributed by atoms with Crippen molar-refractivity contribution in [2.45, 2.75) is 19.4 Å². The van der Waals surface area contributed by atoms with Gasteiger partial charge in [-0.05, 0) is 29.8 Å². The van der Waals surface area contributed by atoms with Gasteiger partial charge in [0.2, 0.25) is 11.8 Å². The summed E-state index contributed by atoms with van der Waals surface area (Å²) in [7, 11) is 0. The third kappa shape index (κ3) is 3.21. The Bertz CT molecular complexity index is 961. The number of hydrogen-bond donors (Lipinski definition) is 1. The Morgan fingerprint density at radius 1 is 1.04 bits per heavy atom. The van der Waals surface area contributed by atoms with Crippen molar-refractivity contribution >= 4 is 44.4 Å². The number of amides is 3. The van der Waals surface area contributed by atoms with Crippen molar-refractivity contribution in [1.82, 2.24) is 9.88 Å². The molecule has 0 radical (unpaired) electrons. The van der Waals surface area contributed by atoms with E-state index in [1.54, 1.807) is 24.3 Å². The van der Waals surface area contributed by atoms with Crippen molar-refractivity contribution in [2.75, 3.05) is 5.32 Å². The van der Waals surface area contributed by atoms with Crippen molar-refractivity contribution in [2.24, 2.45) is 0 Å².